The van der Waals surface area contributed by atoms with Crippen molar-refractivity contribution in [3.05, 3.63) is 6.33 Å². The third kappa shape index (κ3) is 2.49. The van der Waals surface area contributed by atoms with Crippen LogP contribution < -0.4 is 15.4 Å². The van der Waals surface area contributed by atoms with Crippen molar-refractivity contribution in [2.45, 2.75) is 45.1 Å². The van der Waals surface area contributed by atoms with Gasteiger partial charge in [0.25, 0.3) is 0 Å². The van der Waals surface area contributed by atoms with Crippen molar-refractivity contribution in [1.82, 2.24) is 9.97 Å². The first-order valence-corrected chi connectivity index (χ1v) is 6.69. The molecule has 1 aliphatic rings. The molecule has 1 atom stereocenters. The van der Waals surface area contributed by atoms with Gasteiger partial charge in [-0.2, -0.15) is 0 Å². The van der Waals surface area contributed by atoms with Crippen LogP contribution in [0.25, 0.3) is 0 Å². The molecular formula is C13H22N4O. The topological polar surface area (TPSA) is 64.3 Å². The summed E-state index contributed by atoms with van der Waals surface area (Å²) in [6, 6.07) is 0.524. The van der Waals surface area contributed by atoms with E-state index >= 15 is 0 Å². The van der Waals surface area contributed by atoms with E-state index in [4.69, 9.17) is 10.5 Å². The molecule has 1 aliphatic heterocycles. The van der Waals surface area contributed by atoms with Gasteiger partial charge in [0.2, 0.25) is 5.75 Å². The zero-order chi connectivity index (χ0) is 13.0. The smallest absolute Gasteiger partial charge is 0.204 e. The fourth-order valence-corrected chi connectivity index (χ4v) is 2.66. The van der Waals surface area contributed by atoms with E-state index in [2.05, 4.69) is 21.8 Å². The van der Waals surface area contributed by atoms with E-state index in [0.29, 0.717) is 17.6 Å². The van der Waals surface area contributed by atoms with Crippen LogP contribution >= 0.6 is 0 Å². The summed E-state index contributed by atoms with van der Waals surface area (Å²) >= 11 is 0. The quantitative estimate of drug-likeness (QED) is 0.891. The van der Waals surface area contributed by atoms with E-state index in [1.165, 1.54) is 32.0 Å². The molecule has 2 N–H and O–H groups in total. The molecule has 0 aliphatic carbocycles. The fraction of sp³-hybridized carbons (Fsp3) is 0.692. The minimum Gasteiger partial charge on any atom is -0.490 e. The maximum absolute atomic E-state index is 5.86. The van der Waals surface area contributed by atoms with Crippen molar-refractivity contribution in [3.8, 4) is 5.75 Å². The average molecular weight is 250 g/mol. The lowest BCUT2D eigenvalue weighted by atomic mass is 10.1. The maximum Gasteiger partial charge on any atom is 0.204 e. The van der Waals surface area contributed by atoms with Crippen LogP contribution in [0.5, 0.6) is 5.75 Å². The van der Waals surface area contributed by atoms with Gasteiger partial charge in [-0.25, -0.2) is 9.97 Å². The summed E-state index contributed by atoms with van der Waals surface area (Å²) in [7, 11) is 1.62. The highest BCUT2D eigenvalue weighted by Gasteiger charge is 2.24. The molecule has 5 heteroatoms. The predicted molar refractivity (Wildman–Crippen MR) is 72.9 cm³/mol. The summed E-state index contributed by atoms with van der Waals surface area (Å²) in [4.78, 5) is 10.7. The Balaban J connectivity index is 2.35. The highest BCUT2D eigenvalue weighted by Crippen LogP contribution is 2.34. The van der Waals surface area contributed by atoms with Crippen molar-refractivity contribution < 1.29 is 4.74 Å². The zero-order valence-electron chi connectivity index (χ0n) is 11.2. The standard InChI is InChI=1S/C13H22N4O/c1-3-10-7-5-4-6-8-17(10)13-11(18-2)12(14)15-9-16-13/h9-10H,3-8H2,1-2H3,(H2,14,15,16). The van der Waals surface area contributed by atoms with Gasteiger partial charge in [0.1, 0.15) is 6.33 Å². The number of hydrogen-bond donors (Lipinski definition) is 1. The first-order valence-electron chi connectivity index (χ1n) is 6.69. The molecule has 1 aromatic rings. The number of ether oxygens (including phenoxy) is 1. The zero-order valence-corrected chi connectivity index (χ0v) is 11.2. The SMILES string of the molecule is CCC1CCCCCN1c1ncnc(N)c1OC. The molecule has 1 fully saturated rings. The molecule has 1 unspecified atom stereocenters. The van der Waals surface area contributed by atoms with Crippen molar-refractivity contribution in [2.75, 3.05) is 24.3 Å². The van der Waals surface area contributed by atoms with Gasteiger partial charge in [-0.15, -0.1) is 0 Å². The van der Waals surface area contributed by atoms with Gasteiger partial charge in [-0.3, -0.25) is 0 Å². The minimum absolute atomic E-state index is 0.418. The molecular weight excluding hydrogens is 228 g/mol. The van der Waals surface area contributed by atoms with E-state index in [0.717, 1.165) is 18.8 Å². The van der Waals surface area contributed by atoms with Gasteiger partial charge >= 0.3 is 0 Å². The highest BCUT2D eigenvalue weighted by molar-refractivity contribution is 5.63. The van der Waals surface area contributed by atoms with Gasteiger partial charge in [0, 0.05) is 12.6 Å². The monoisotopic (exact) mass is 250 g/mol. The summed E-state index contributed by atoms with van der Waals surface area (Å²) in [6.45, 7) is 3.24. The second-order valence-corrected chi connectivity index (χ2v) is 4.72. The highest BCUT2D eigenvalue weighted by atomic mass is 16.5. The maximum atomic E-state index is 5.86. The Hall–Kier alpha value is -1.52. The third-order valence-corrected chi connectivity index (χ3v) is 3.64. The molecule has 0 amide bonds. The lowest BCUT2D eigenvalue weighted by Gasteiger charge is -2.31. The van der Waals surface area contributed by atoms with Crippen LogP contribution in [-0.4, -0.2) is 29.7 Å². The number of anilines is 2. The van der Waals surface area contributed by atoms with Crippen LogP contribution in [-0.2, 0) is 0 Å². The molecule has 2 rings (SSSR count). The molecule has 0 saturated carbocycles. The molecule has 0 spiro atoms. The van der Waals surface area contributed by atoms with Gasteiger partial charge in [-0.1, -0.05) is 19.8 Å². The Morgan fingerprint density at radius 3 is 2.94 bits per heavy atom. The summed E-state index contributed by atoms with van der Waals surface area (Å²) in [6.07, 6.45) is 7.62. The molecule has 0 radical (unpaired) electrons. The Kier molecular flexibility index (Phi) is 4.23. The molecule has 5 nitrogen and oxygen atoms in total. The Morgan fingerprint density at radius 2 is 2.22 bits per heavy atom. The first-order chi connectivity index (χ1) is 8.77. The van der Waals surface area contributed by atoms with E-state index < -0.39 is 0 Å². The van der Waals surface area contributed by atoms with Crippen molar-refractivity contribution in [1.29, 1.82) is 0 Å². The molecule has 2 heterocycles. The van der Waals surface area contributed by atoms with Crippen LogP contribution in [0.4, 0.5) is 11.6 Å². The Morgan fingerprint density at radius 1 is 1.39 bits per heavy atom. The first kappa shape index (κ1) is 12.9. The van der Waals surface area contributed by atoms with Gasteiger partial charge in [0.05, 0.1) is 7.11 Å². The van der Waals surface area contributed by atoms with Crippen molar-refractivity contribution in [3.63, 3.8) is 0 Å². The van der Waals surface area contributed by atoms with Crippen LogP contribution in [0.2, 0.25) is 0 Å². The third-order valence-electron chi connectivity index (χ3n) is 3.64. The molecule has 1 saturated heterocycles. The molecule has 1 aromatic heterocycles. The second kappa shape index (κ2) is 5.89. The number of nitrogen functional groups attached to an aromatic ring is 1. The number of methoxy groups -OCH3 is 1. The minimum atomic E-state index is 0.418. The Bertz CT molecular complexity index is 397. The molecule has 18 heavy (non-hydrogen) atoms. The normalized spacial score (nSPS) is 20.6. The lowest BCUT2D eigenvalue weighted by molar-refractivity contribution is 0.409. The average Bonchev–Trinajstić information content (AvgIpc) is 2.63. The van der Waals surface area contributed by atoms with Crippen LogP contribution in [0.1, 0.15) is 39.0 Å². The lowest BCUT2D eigenvalue weighted by Crippen LogP contribution is -2.35. The molecule has 100 valence electrons. The molecule has 0 aromatic carbocycles. The van der Waals surface area contributed by atoms with Crippen LogP contribution in [0.15, 0.2) is 6.33 Å². The Labute approximate surface area is 108 Å². The number of hydrogen-bond acceptors (Lipinski definition) is 5. The van der Waals surface area contributed by atoms with E-state index in [1.54, 1.807) is 7.11 Å². The summed E-state index contributed by atoms with van der Waals surface area (Å²) in [5.41, 5.74) is 5.86. The number of nitrogens with zero attached hydrogens (tertiary/aromatic N) is 3. The fourth-order valence-electron chi connectivity index (χ4n) is 2.66. The van der Waals surface area contributed by atoms with Gasteiger partial charge < -0.3 is 15.4 Å². The van der Waals surface area contributed by atoms with Crippen molar-refractivity contribution >= 4 is 11.6 Å². The number of aromatic nitrogens is 2. The van der Waals surface area contributed by atoms with Gasteiger partial charge in [0.15, 0.2) is 11.6 Å². The van der Waals surface area contributed by atoms with E-state index in [1.807, 2.05) is 0 Å². The summed E-state index contributed by atoms with van der Waals surface area (Å²) in [5, 5.41) is 0. The summed E-state index contributed by atoms with van der Waals surface area (Å²) < 4.78 is 5.37. The number of rotatable bonds is 3. The number of nitrogens with two attached hydrogens (primary N) is 1. The van der Waals surface area contributed by atoms with E-state index in [9.17, 15) is 0 Å². The van der Waals surface area contributed by atoms with Crippen LogP contribution in [0.3, 0.4) is 0 Å². The van der Waals surface area contributed by atoms with Gasteiger partial charge in [-0.05, 0) is 19.3 Å². The van der Waals surface area contributed by atoms with Crippen LogP contribution in [0, 0.1) is 0 Å². The largest absolute Gasteiger partial charge is 0.490 e. The van der Waals surface area contributed by atoms with E-state index in [-0.39, 0.29) is 0 Å². The second-order valence-electron chi connectivity index (χ2n) is 4.72. The summed E-state index contributed by atoms with van der Waals surface area (Å²) in [5.74, 6) is 1.87. The predicted octanol–water partition coefficient (Wildman–Crippen LogP) is 2.23. The van der Waals surface area contributed by atoms with Crippen molar-refractivity contribution in [2.24, 2.45) is 0 Å². The molecule has 0 bridgehead atoms.